The van der Waals surface area contributed by atoms with Crippen LogP contribution in [0.4, 0.5) is 0 Å². The molecule has 0 unspecified atom stereocenters. The van der Waals surface area contributed by atoms with Crippen LogP contribution >= 0.6 is 0 Å². The lowest BCUT2D eigenvalue weighted by Gasteiger charge is -2.31. The first-order valence-electron chi connectivity index (χ1n) is 49.0. The summed E-state index contributed by atoms with van der Waals surface area (Å²) >= 11 is 0. The van der Waals surface area contributed by atoms with Gasteiger partial charge in [-0.3, -0.25) is 105 Å². The van der Waals surface area contributed by atoms with Gasteiger partial charge in [0.15, 0.2) is 0 Å². The van der Waals surface area contributed by atoms with E-state index in [2.05, 4.69) is 101 Å². The number of carbonyl (C=O) groups is 22. The van der Waals surface area contributed by atoms with Crippen molar-refractivity contribution in [2.45, 2.75) is 351 Å². The maximum absolute atomic E-state index is 14.9. The fraction of sp³-hybridized carbons (Fsp3) is 0.753. The second-order valence-corrected chi connectivity index (χ2v) is 35.8. The highest BCUT2D eigenvalue weighted by Gasteiger charge is 2.44. The van der Waals surface area contributed by atoms with Gasteiger partial charge in [0.1, 0.15) is 115 Å². The average molecular weight is 2020 g/mol. The van der Waals surface area contributed by atoms with Gasteiger partial charge in [0, 0.05) is 13.1 Å². The lowest BCUT2D eigenvalue weighted by atomic mass is 10.0. The van der Waals surface area contributed by atoms with Crippen molar-refractivity contribution in [2.24, 2.45) is 45.9 Å². The molecule has 0 aromatic carbocycles. The van der Waals surface area contributed by atoms with Crippen LogP contribution in [-0.4, -0.2) is 349 Å². The Kier molecular flexibility index (Phi) is 60.5. The topological polar surface area (TPSA) is 859 Å². The van der Waals surface area contributed by atoms with Crippen molar-refractivity contribution in [3.63, 3.8) is 0 Å². The zero-order valence-electron chi connectivity index (χ0n) is 83.6. The van der Waals surface area contributed by atoms with Crippen molar-refractivity contribution in [1.82, 2.24) is 111 Å². The Bertz CT molecular complexity index is 4160. The number of nitrogens with one attached hydrogen (secondary N) is 19. The molecule has 21 amide bonds. The lowest BCUT2D eigenvalue weighted by molar-refractivity contribution is -0.143. The summed E-state index contributed by atoms with van der Waals surface area (Å²) < 4.78 is 0. The summed E-state index contributed by atoms with van der Waals surface area (Å²) in [7, 11) is 0. The third-order valence-corrected chi connectivity index (χ3v) is 23.6. The summed E-state index contributed by atoms with van der Waals surface area (Å²) in [6.45, 7) is 12.7. The van der Waals surface area contributed by atoms with Gasteiger partial charge < -0.3 is 167 Å². The van der Waals surface area contributed by atoms with E-state index in [0.29, 0.717) is 96.3 Å². The maximum atomic E-state index is 14.9. The van der Waals surface area contributed by atoms with Crippen LogP contribution in [0.3, 0.4) is 0 Å². The molecule has 0 aromatic heterocycles. The Hall–Kier alpha value is -12.0. The molecule has 2 fully saturated rings. The number of aliphatic hydroxyl groups is 1. The van der Waals surface area contributed by atoms with Gasteiger partial charge in [0.05, 0.1) is 25.7 Å². The van der Waals surface area contributed by atoms with E-state index in [1.165, 1.54) is 72.1 Å². The number of hydrogen-bond acceptors (Lipinski definition) is 31. The number of aliphatic hydroxyl groups excluding tert-OH is 1. The second-order valence-electron chi connectivity index (χ2n) is 35.8. The largest absolute Gasteiger partial charge is 0.480 e. The highest BCUT2D eigenvalue weighted by molar-refractivity contribution is 6.02. The van der Waals surface area contributed by atoms with Gasteiger partial charge in [-0.25, -0.2) is 0 Å². The molecule has 0 aromatic rings. The SMILES string of the molecule is C[C@H](NC(=O)[C@H](C)NC(=O)CNC(=O)[C@@H](NC(=O)[C@H](C)NC(=O)[C@H](CCCCN)NC(=O)[C@H](CCCCN)NC(=O)[C@@H]1CCCN1C(=O)[C@H](CCCCN)NC(=O)[C@H](CCCCN)NC(=O)[C@H](C)NC(=O)[C@H](C)NC(=O)CNC(=O)[C@H](C)NC(=O)[C@@H]1CCCN1C(=O)[C@H](CCCCN)NC(=O)[C@H](CCCCN)NC(=O)[C@H](C)NC(=O)[C@H](CCCCN)NC(=O)[C@H](C)NC(=O)[C@H](C)NC(=O)CN)[C@@H](C)O)C(=O)O. The van der Waals surface area contributed by atoms with E-state index in [0.717, 1.165) is 6.92 Å². The van der Waals surface area contributed by atoms with Crippen LogP contribution in [0.2, 0.25) is 0 Å². The number of nitrogens with two attached hydrogens (primary N) is 8. The minimum atomic E-state index is -1.69. The zero-order valence-corrected chi connectivity index (χ0v) is 83.6. The van der Waals surface area contributed by atoms with Crippen LogP contribution < -0.4 is 147 Å². The molecule has 20 atom stereocenters. The van der Waals surface area contributed by atoms with E-state index < -0.39 is 264 Å². The van der Waals surface area contributed by atoms with E-state index in [1.807, 2.05) is 0 Å². The summed E-state index contributed by atoms with van der Waals surface area (Å²) in [5, 5.41) is 67.2. The molecule has 0 saturated carbocycles. The van der Waals surface area contributed by atoms with Crippen molar-refractivity contribution < 1.29 is 116 Å². The maximum Gasteiger partial charge on any atom is 0.325 e. The number of likely N-dealkylation sites (tertiary alicyclic amines) is 2. The molecule has 2 aliphatic heterocycles. The van der Waals surface area contributed by atoms with Crippen molar-refractivity contribution in [1.29, 1.82) is 0 Å². The van der Waals surface area contributed by atoms with Crippen molar-refractivity contribution in [2.75, 3.05) is 78.5 Å². The third-order valence-electron chi connectivity index (χ3n) is 23.6. The molecule has 2 aliphatic rings. The summed E-state index contributed by atoms with van der Waals surface area (Å²) in [5.74, 6) is -18.4. The molecule has 2 heterocycles. The third kappa shape index (κ3) is 46.4. The van der Waals surface area contributed by atoms with E-state index in [1.54, 1.807) is 0 Å². The van der Waals surface area contributed by atoms with Gasteiger partial charge in [-0.2, -0.15) is 0 Å². The van der Waals surface area contributed by atoms with E-state index in [4.69, 9.17) is 51.0 Å². The molecule has 0 aliphatic carbocycles. The predicted molar refractivity (Wildman–Crippen MR) is 518 cm³/mol. The molecule has 0 bridgehead atoms. The molecule has 142 heavy (non-hydrogen) atoms. The second kappa shape index (κ2) is 68.2. The monoisotopic (exact) mass is 2020 g/mol. The highest BCUT2D eigenvalue weighted by Crippen LogP contribution is 2.24. The van der Waals surface area contributed by atoms with Crippen molar-refractivity contribution >= 4 is 130 Å². The molecule has 53 nitrogen and oxygen atoms in total. The molecule has 2 saturated heterocycles. The number of unbranched alkanes of at least 4 members (excludes halogenated alkanes) is 7. The number of amides is 21. The van der Waals surface area contributed by atoms with Crippen LogP contribution in [0.15, 0.2) is 0 Å². The van der Waals surface area contributed by atoms with Gasteiger partial charge in [0.2, 0.25) is 124 Å². The Morgan fingerprint density at radius 3 is 0.796 bits per heavy atom. The molecule has 0 radical (unpaired) electrons. The number of carboxylic acids is 1. The number of nitrogens with zero attached hydrogens (tertiary/aromatic N) is 2. The van der Waals surface area contributed by atoms with Crippen LogP contribution in [0.5, 0.6) is 0 Å². The summed E-state index contributed by atoms with van der Waals surface area (Å²) in [6, 6.07) is -24.7. The number of aliphatic carboxylic acids is 1. The Labute approximate surface area is 828 Å². The van der Waals surface area contributed by atoms with Gasteiger partial charge in [-0.05, 0) is 276 Å². The average Bonchev–Trinajstić information content (AvgIpc) is 1.67. The highest BCUT2D eigenvalue weighted by atomic mass is 16.4. The molecule has 806 valence electrons. The molecular formula is C89H161N29O24. The first-order chi connectivity index (χ1) is 67.2. The Morgan fingerprint density at radius 1 is 0.261 bits per heavy atom. The quantitative estimate of drug-likeness (QED) is 0.0251. The van der Waals surface area contributed by atoms with Crippen molar-refractivity contribution in [3.05, 3.63) is 0 Å². The minimum Gasteiger partial charge on any atom is -0.480 e. The van der Waals surface area contributed by atoms with E-state index >= 15 is 0 Å². The van der Waals surface area contributed by atoms with Crippen LogP contribution in [0.25, 0.3) is 0 Å². The predicted octanol–water partition coefficient (Wildman–Crippen LogP) is -11.1. The number of hydrogen-bond donors (Lipinski definition) is 29. The fourth-order valence-electron chi connectivity index (χ4n) is 15.0. The zero-order chi connectivity index (χ0) is 107. The normalized spacial score (nSPS) is 17.1. The molecular weight excluding hydrogens is 1860 g/mol. The van der Waals surface area contributed by atoms with Gasteiger partial charge in [-0.1, -0.05) is 0 Å². The Morgan fingerprint density at radius 2 is 0.493 bits per heavy atom. The van der Waals surface area contributed by atoms with Gasteiger partial charge >= 0.3 is 5.97 Å². The van der Waals surface area contributed by atoms with Gasteiger partial charge in [0.25, 0.3) is 0 Å². The first kappa shape index (κ1) is 126. The van der Waals surface area contributed by atoms with Crippen LogP contribution in [0, 0.1) is 0 Å². The molecule has 0 spiro atoms. The van der Waals surface area contributed by atoms with Crippen LogP contribution in [-0.2, 0) is 105 Å². The number of rotatable bonds is 70. The standard InChI is InChI=1S/C89H161N29O24/c1-48(107-84(136)65-34-25-43-117(65)87(139)63(32-16-23-41-95)114-83(135)61(30-14-21-39-93)111-77(129)54(7)105-79(131)58(27-11-18-36-90)109-75(127)52(5)103-72(124)49(2)100-67(120)45-97)71(123)98-46-68(121)101-50(3)73(125)104-53(6)76(128)110-60(29-13-20-38-92)82(134)115-64(33-17-24-42-96)88(140)118-44-26-35-66(118)85(137)113-62(31-15-22-40-94)81(133)112-59(28-12-19-37-91)80(132)106-55(8)78(130)116-70(57(10)119)86(138)99-47-69(122)102-51(4)74(126)108-56(9)89(141)142/h48-66,70,119H,11-47,90-97H2,1-10H3,(H,98,123)(H,99,138)(H,100,120)(H,101,121)(H,102,122)(H,103,124)(H,104,125)(H,105,131)(H,106,132)(H,107,136)(H,108,126)(H,109,127)(H,110,128)(H,111,129)(H,112,133)(H,113,137)(H,114,135)(H,115,134)(H,116,130)(H,141,142)/t48-,49-,50-,51-,52-,53-,54-,55-,56-,57+,58-,59-,60-,61-,62-,63-,64-,65-,66-,70-/m0/s1. The van der Waals surface area contributed by atoms with E-state index in [9.17, 15) is 111 Å². The minimum absolute atomic E-state index is 0.00622. The number of carboxylic acid groups (broad SMARTS) is 1. The molecule has 37 N–H and O–H groups in total. The molecule has 53 heteroatoms. The van der Waals surface area contributed by atoms with Crippen LogP contribution in [0.1, 0.15) is 230 Å². The van der Waals surface area contributed by atoms with Crippen molar-refractivity contribution in [3.8, 4) is 0 Å². The first-order valence-corrected chi connectivity index (χ1v) is 49.0. The summed E-state index contributed by atoms with van der Waals surface area (Å²) in [5.41, 5.74) is 46.0. The molecule has 2 rings (SSSR count). The van der Waals surface area contributed by atoms with Gasteiger partial charge in [-0.15, -0.1) is 0 Å². The fourth-order valence-corrected chi connectivity index (χ4v) is 15.0. The smallest absolute Gasteiger partial charge is 0.325 e. The Balaban J connectivity index is 2.22. The van der Waals surface area contributed by atoms with E-state index in [-0.39, 0.29) is 130 Å². The lowest BCUT2D eigenvalue weighted by Crippen LogP contribution is -2.60. The summed E-state index contributed by atoms with van der Waals surface area (Å²) in [4.78, 5) is 301. The summed E-state index contributed by atoms with van der Waals surface area (Å²) in [6.07, 6.45) is 4.60. The number of carbonyl (C=O) groups excluding carboxylic acids is 21.